The summed E-state index contributed by atoms with van der Waals surface area (Å²) in [5.41, 5.74) is 4.44. The summed E-state index contributed by atoms with van der Waals surface area (Å²) in [4.78, 5) is 9.80. The van der Waals surface area contributed by atoms with Crippen LogP contribution in [-0.2, 0) is 0 Å². The van der Waals surface area contributed by atoms with Crippen molar-refractivity contribution < 1.29 is 9.47 Å². The second kappa shape index (κ2) is 5.99. The Balaban J connectivity index is 1.94. The normalized spacial score (nSPS) is 11.3. The highest BCUT2D eigenvalue weighted by Gasteiger charge is 2.16. The molecule has 2 aromatic carbocycles. The van der Waals surface area contributed by atoms with E-state index >= 15 is 0 Å². The highest BCUT2D eigenvalue weighted by atomic mass is 16.5. The topological polar surface area (TPSA) is 48.7 Å². The molecule has 0 bridgehead atoms. The lowest BCUT2D eigenvalue weighted by Gasteiger charge is -2.10. The summed E-state index contributed by atoms with van der Waals surface area (Å²) in [7, 11) is 3.34. The monoisotopic (exact) mass is 355 g/mol. The Morgan fingerprint density at radius 1 is 0.778 bits per heavy atom. The molecule has 0 N–H and O–H groups in total. The number of pyridine rings is 2. The first-order chi connectivity index (χ1) is 13.3. The number of rotatable bonds is 3. The molecule has 5 heteroatoms. The van der Waals surface area contributed by atoms with Gasteiger partial charge in [0.05, 0.1) is 19.9 Å². The minimum absolute atomic E-state index is 0.795. The highest BCUT2D eigenvalue weighted by molar-refractivity contribution is 6.10. The van der Waals surface area contributed by atoms with Crippen molar-refractivity contribution in [1.82, 2.24) is 14.4 Å². The number of benzene rings is 2. The predicted molar refractivity (Wildman–Crippen MR) is 107 cm³/mol. The van der Waals surface area contributed by atoms with Gasteiger partial charge in [0.25, 0.3) is 0 Å². The third-order valence-corrected chi connectivity index (χ3v) is 4.80. The average molecular weight is 355 g/mol. The molecule has 0 saturated carbocycles. The summed E-state index contributed by atoms with van der Waals surface area (Å²) in [6.07, 6.45) is 1.99. The van der Waals surface area contributed by atoms with Gasteiger partial charge in [0, 0.05) is 22.5 Å². The molecule has 5 aromatic rings. The summed E-state index contributed by atoms with van der Waals surface area (Å²) < 4.78 is 12.9. The van der Waals surface area contributed by atoms with Gasteiger partial charge < -0.3 is 9.47 Å². The Labute approximate surface area is 155 Å². The van der Waals surface area contributed by atoms with Crippen LogP contribution in [0.1, 0.15) is 0 Å². The van der Waals surface area contributed by atoms with Gasteiger partial charge in [-0.05, 0) is 42.5 Å². The van der Waals surface area contributed by atoms with E-state index in [-0.39, 0.29) is 0 Å². The molecule has 3 aromatic heterocycles. The van der Waals surface area contributed by atoms with E-state index in [0.29, 0.717) is 0 Å². The number of imidazole rings is 1. The molecule has 0 radical (unpaired) electrons. The van der Waals surface area contributed by atoms with Crippen molar-refractivity contribution in [2.45, 2.75) is 0 Å². The third kappa shape index (κ3) is 2.39. The van der Waals surface area contributed by atoms with Gasteiger partial charge >= 0.3 is 0 Å². The van der Waals surface area contributed by atoms with Crippen LogP contribution >= 0.6 is 0 Å². The van der Waals surface area contributed by atoms with Crippen LogP contribution in [0.15, 0.2) is 66.9 Å². The summed E-state index contributed by atoms with van der Waals surface area (Å²) in [5.74, 6) is 1.60. The molecule has 0 spiro atoms. The largest absolute Gasteiger partial charge is 0.497 e. The van der Waals surface area contributed by atoms with Crippen LogP contribution < -0.4 is 9.47 Å². The van der Waals surface area contributed by atoms with Gasteiger partial charge in [0.1, 0.15) is 22.7 Å². The van der Waals surface area contributed by atoms with Crippen LogP contribution in [0.3, 0.4) is 0 Å². The SMILES string of the molecule is COc1cccc(-c2nc3c(nc4ccccn43)c3cc(OC)ccc23)c1. The Kier molecular flexibility index (Phi) is 3.47. The van der Waals surface area contributed by atoms with Gasteiger partial charge in [-0.1, -0.05) is 18.2 Å². The lowest BCUT2D eigenvalue weighted by atomic mass is 10.0. The van der Waals surface area contributed by atoms with Gasteiger partial charge in [0.15, 0.2) is 5.65 Å². The van der Waals surface area contributed by atoms with E-state index < -0.39 is 0 Å². The molecular weight excluding hydrogens is 338 g/mol. The predicted octanol–water partition coefficient (Wildman–Crippen LogP) is 4.72. The molecule has 0 aliphatic heterocycles. The molecule has 132 valence electrons. The summed E-state index contributed by atoms with van der Waals surface area (Å²) in [5, 5.41) is 2.04. The van der Waals surface area contributed by atoms with Gasteiger partial charge in [-0.25, -0.2) is 9.97 Å². The van der Waals surface area contributed by atoms with Gasteiger partial charge in [-0.15, -0.1) is 0 Å². The van der Waals surface area contributed by atoms with Crippen molar-refractivity contribution in [3.05, 3.63) is 66.9 Å². The smallest absolute Gasteiger partial charge is 0.165 e. The van der Waals surface area contributed by atoms with E-state index in [4.69, 9.17) is 19.4 Å². The maximum absolute atomic E-state index is 5.45. The van der Waals surface area contributed by atoms with E-state index in [1.54, 1.807) is 14.2 Å². The fraction of sp³-hybridized carbons (Fsp3) is 0.0909. The van der Waals surface area contributed by atoms with Crippen LogP contribution in [-0.4, -0.2) is 28.6 Å². The number of fused-ring (bicyclic) bond motifs is 5. The molecule has 0 saturated heterocycles. The Morgan fingerprint density at radius 2 is 1.63 bits per heavy atom. The molecule has 5 nitrogen and oxygen atoms in total. The second-order valence-electron chi connectivity index (χ2n) is 6.32. The first-order valence-electron chi connectivity index (χ1n) is 8.67. The van der Waals surface area contributed by atoms with Crippen molar-refractivity contribution in [3.8, 4) is 22.8 Å². The van der Waals surface area contributed by atoms with Crippen molar-refractivity contribution in [2.75, 3.05) is 14.2 Å². The average Bonchev–Trinajstić information content (AvgIpc) is 3.11. The summed E-state index contributed by atoms with van der Waals surface area (Å²) in [6.45, 7) is 0. The van der Waals surface area contributed by atoms with Crippen molar-refractivity contribution in [2.24, 2.45) is 0 Å². The molecule has 5 rings (SSSR count). The minimum atomic E-state index is 0.795. The third-order valence-electron chi connectivity index (χ3n) is 4.80. The van der Waals surface area contributed by atoms with Crippen molar-refractivity contribution in [1.29, 1.82) is 0 Å². The second-order valence-corrected chi connectivity index (χ2v) is 6.32. The Hall–Kier alpha value is -3.60. The van der Waals surface area contributed by atoms with Crippen LogP contribution in [0.5, 0.6) is 11.5 Å². The molecule has 0 unspecified atom stereocenters. The van der Waals surface area contributed by atoms with Crippen LogP contribution in [0, 0.1) is 0 Å². The standard InChI is InChI=1S/C22H17N3O2/c1-26-15-7-5-6-14(12-15)20-17-10-9-16(27-2)13-18(17)21-22(24-20)25-11-4-3-8-19(25)23-21/h3-13H,1-2H3. The molecular formula is C22H17N3O2. The van der Waals surface area contributed by atoms with E-state index in [0.717, 1.165) is 50.3 Å². The lowest BCUT2D eigenvalue weighted by molar-refractivity contribution is 0.415. The fourth-order valence-electron chi connectivity index (χ4n) is 3.48. The number of methoxy groups -OCH3 is 2. The molecule has 0 aliphatic rings. The number of aromatic nitrogens is 3. The van der Waals surface area contributed by atoms with Crippen LogP contribution in [0.4, 0.5) is 0 Å². The zero-order valence-corrected chi connectivity index (χ0v) is 15.0. The first kappa shape index (κ1) is 15.6. The van der Waals surface area contributed by atoms with E-state index in [1.807, 2.05) is 71.3 Å². The number of ether oxygens (including phenoxy) is 2. The van der Waals surface area contributed by atoms with Gasteiger partial charge in [0.2, 0.25) is 0 Å². The zero-order chi connectivity index (χ0) is 18.4. The van der Waals surface area contributed by atoms with E-state index in [1.165, 1.54) is 0 Å². The first-order valence-corrected chi connectivity index (χ1v) is 8.67. The molecule has 0 amide bonds. The Morgan fingerprint density at radius 3 is 2.48 bits per heavy atom. The van der Waals surface area contributed by atoms with Crippen LogP contribution in [0.2, 0.25) is 0 Å². The summed E-state index contributed by atoms with van der Waals surface area (Å²) in [6, 6.07) is 19.9. The summed E-state index contributed by atoms with van der Waals surface area (Å²) >= 11 is 0. The maximum Gasteiger partial charge on any atom is 0.165 e. The quantitative estimate of drug-likeness (QED) is 0.470. The van der Waals surface area contributed by atoms with E-state index in [2.05, 4.69) is 0 Å². The molecule has 27 heavy (non-hydrogen) atoms. The molecule has 3 heterocycles. The highest BCUT2D eigenvalue weighted by Crippen LogP contribution is 2.35. The number of hydrogen-bond acceptors (Lipinski definition) is 4. The van der Waals surface area contributed by atoms with Crippen molar-refractivity contribution in [3.63, 3.8) is 0 Å². The zero-order valence-electron chi connectivity index (χ0n) is 15.0. The van der Waals surface area contributed by atoms with Gasteiger partial charge in [-0.3, -0.25) is 4.40 Å². The number of hydrogen-bond donors (Lipinski definition) is 0. The molecule has 0 fully saturated rings. The Bertz CT molecular complexity index is 1310. The molecule has 0 atom stereocenters. The minimum Gasteiger partial charge on any atom is -0.497 e. The maximum atomic E-state index is 5.45. The van der Waals surface area contributed by atoms with Gasteiger partial charge in [-0.2, -0.15) is 0 Å². The van der Waals surface area contributed by atoms with E-state index in [9.17, 15) is 0 Å². The lowest BCUT2D eigenvalue weighted by Crippen LogP contribution is -1.93. The van der Waals surface area contributed by atoms with Crippen molar-refractivity contribution >= 4 is 27.6 Å². The van der Waals surface area contributed by atoms with Crippen LogP contribution in [0.25, 0.3) is 38.8 Å². The number of nitrogens with zero attached hydrogens (tertiary/aromatic N) is 3. The fourth-order valence-corrected chi connectivity index (χ4v) is 3.48. The molecule has 0 aliphatic carbocycles.